The number of nitrogens with one attached hydrogen (secondary N) is 2. The molecule has 0 unspecified atom stereocenters. The molecular formula is C15H25ClN4. The lowest BCUT2D eigenvalue weighted by molar-refractivity contribution is 0.481. The summed E-state index contributed by atoms with van der Waals surface area (Å²) in [7, 11) is 1.80. The molecule has 0 saturated carbocycles. The summed E-state index contributed by atoms with van der Waals surface area (Å²) in [4.78, 5) is 8.30. The minimum Gasteiger partial charge on any atom is -0.356 e. The highest BCUT2D eigenvalue weighted by Crippen LogP contribution is 2.06. The third-order valence-electron chi connectivity index (χ3n) is 3.43. The van der Waals surface area contributed by atoms with Crippen LogP contribution in [0, 0.1) is 5.92 Å². The molecule has 20 heavy (non-hydrogen) atoms. The Balaban J connectivity index is 2.29. The molecule has 0 spiro atoms. The normalized spacial score (nSPS) is 11.8. The lowest BCUT2D eigenvalue weighted by atomic mass is 10.0. The Hall–Kier alpha value is -1.29. The molecule has 5 heteroatoms. The summed E-state index contributed by atoms with van der Waals surface area (Å²) >= 11 is 5.76. The summed E-state index contributed by atoms with van der Waals surface area (Å²) in [6, 6.07) is 3.81. The lowest BCUT2D eigenvalue weighted by Crippen LogP contribution is -2.40. The van der Waals surface area contributed by atoms with E-state index in [2.05, 4.69) is 34.5 Å². The molecule has 0 aliphatic heterocycles. The third-order valence-corrected chi connectivity index (χ3v) is 3.65. The third kappa shape index (κ3) is 6.24. The van der Waals surface area contributed by atoms with Crippen molar-refractivity contribution in [2.75, 3.05) is 20.1 Å². The van der Waals surface area contributed by atoms with Crippen molar-refractivity contribution in [3.63, 3.8) is 0 Å². The maximum absolute atomic E-state index is 5.76. The van der Waals surface area contributed by atoms with Gasteiger partial charge in [0.2, 0.25) is 0 Å². The van der Waals surface area contributed by atoms with Crippen LogP contribution < -0.4 is 10.6 Å². The van der Waals surface area contributed by atoms with Crippen LogP contribution in [0.4, 0.5) is 0 Å². The van der Waals surface area contributed by atoms with Crippen LogP contribution in [0.2, 0.25) is 5.15 Å². The standard InChI is InChI=1S/C15H25ClN4/c1-4-12(5-2)10-20-15(17-3)18-9-8-13-6-7-14(16)19-11-13/h6-7,11-12H,4-5,8-10H2,1-3H3,(H2,17,18,20). The molecule has 0 aliphatic carbocycles. The first-order valence-electron chi connectivity index (χ1n) is 7.24. The highest BCUT2D eigenvalue weighted by atomic mass is 35.5. The Morgan fingerprint density at radius 1 is 1.30 bits per heavy atom. The summed E-state index contributed by atoms with van der Waals surface area (Å²) in [5.41, 5.74) is 1.16. The van der Waals surface area contributed by atoms with E-state index in [0.29, 0.717) is 11.1 Å². The molecule has 1 rings (SSSR count). The van der Waals surface area contributed by atoms with Gasteiger partial charge in [-0.3, -0.25) is 4.99 Å². The van der Waals surface area contributed by atoms with E-state index in [1.165, 1.54) is 12.8 Å². The van der Waals surface area contributed by atoms with Gasteiger partial charge >= 0.3 is 0 Å². The fourth-order valence-electron chi connectivity index (χ4n) is 1.92. The monoisotopic (exact) mass is 296 g/mol. The topological polar surface area (TPSA) is 49.3 Å². The lowest BCUT2D eigenvalue weighted by Gasteiger charge is -2.16. The van der Waals surface area contributed by atoms with Crippen molar-refractivity contribution < 1.29 is 0 Å². The van der Waals surface area contributed by atoms with Crippen LogP contribution in [0.25, 0.3) is 0 Å². The number of nitrogens with zero attached hydrogens (tertiary/aromatic N) is 2. The van der Waals surface area contributed by atoms with E-state index in [0.717, 1.165) is 31.0 Å². The average molecular weight is 297 g/mol. The van der Waals surface area contributed by atoms with Crippen molar-refractivity contribution >= 4 is 17.6 Å². The van der Waals surface area contributed by atoms with Gasteiger partial charge in [0.15, 0.2) is 5.96 Å². The number of rotatable bonds is 7. The molecule has 112 valence electrons. The van der Waals surface area contributed by atoms with Gasteiger partial charge in [0.05, 0.1) is 0 Å². The quantitative estimate of drug-likeness (QED) is 0.462. The number of aliphatic imine (C=N–C) groups is 1. The minimum atomic E-state index is 0.532. The van der Waals surface area contributed by atoms with Gasteiger partial charge in [-0.1, -0.05) is 44.4 Å². The molecule has 0 radical (unpaired) electrons. The van der Waals surface area contributed by atoms with E-state index in [9.17, 15) is 0 Å². The number of pyridine rings is 1. The van der Waals surface area contributed by atoms with E-state index in [4.69, 9.17) is 11.6 Å². The zero-order valence-electron chi connectivity index (χ0n) is 12.6. The van der Waals surface area contributed by atoms with Gasteiger partial charge in [-0.25, -0.2) is 4.98 Å². The summed E-state index contributed by atoms with van der Waals surface area (Å²) in [5.74, 6) is 1.56. The molecule has 1 aromatic rings. The van der Waals surface area contributed by atoms with Crippen LogP contribution >= 0.6 is 11.6 Å². The highest BCUT2D eigenvalue weighted by molar-refractivity contribution is 6.29. The van der Waals surface area contributed by atoms with Crippen molar-refractivity contribution in [2.45, 2.75) is 33.1 Å². The molecule has 0 saturated heterocycles. The fraction of sp³-hybridized carbons (Fsp3) is 0.600. The second kappa shape index (κ2) is 9.59. The van der Waals surface area contributed by atoms with Crippen LogP contribution in [0.5, 0.6) is 0 Å². The summed E-state index contributed by atoms with van der Waals surface area (Å²) in [5, 5.41) is 7.21. The molecule has 0 aliphatic rings. The molecule has 4 nitrogen and oxygen atoms in total. The van der Waals surface area contributed by atoms with E-state index in [1.54, 1.807) is 7.05 Å². The molecule has 2 N–H and O–H groups in total. The van der Waals surface area contributed by atoms with Gasteiger partial charge in [-0.2, -0.15) is 0 Å². The molecular weight excluding hydrogens is 272 g/mol. The maximum Gasteiger partial charge on any atom is 0.190 e. The van der Waals surface area contributed by atoms with Crippen molar-refractivity contribution in [1.29, 1.82) is 0 Å². The van der Waals surface area contributed by atoms with Gasteiger partial charge in [-0.15, -0.1) is 0 Å². The number of guanidine groups is 1. The fourth-order valence-corrected chi connectivity index (χ4v) is 2.03. The second-order valence-corrected chi connectivity index (χ2v) is 5.19. The van der Waals surface area contributed by atoms with Crippen molar-refractivity contribution in [2.24, 2.45) is 10.9 Å². The molecule has 1 heterocycles. The molecule has 0 aromatic carbocycles. The first kappa shape index (κ1) is 16.8. The number of halogens is 1. The number of aromatic nitrogens is 1. The van der Waals surface area contributed by atoms with Crippen LogP contribution in [-0.2, 0) is 6.42 Å². The Kier molecular flexibility index (Phi) is 8.04. The Morgan fingerprint density at radius 3 is 2.60 bits per heavy atom. The van der Waals surface area contributed by atoms with Gasteiger partial charge in [0.25, 0.3) is 0 Å². The Labute approximate surface area is 127 Å². The number of hydrogen-bond acceptors (Lipinski definition) is 2. The molecule has 1 aromatic heterocycles. The second-order valence-electron chi connectivity index (χ2n) is 4.80. The van der Waals surface area contributed by atoms with Gasteiger partial charge in [0, 0.05) is 26.3 Å². The predicted octanol–water partition coefficient (Wildman–Crippen LogP) is 2.88. The molecule has 0 bridgehead atoms. The van der Waals surface area contributed by atoms with Crippen LogP contribution in [0.1, 0.15) is 32.3 Å². The van der Waals surface area contributed by atoms with E-state index in [1.807, 2.05) is 18.3 Å². The summed E-state index contributed by atoms with van der Waals surface area (Å²) in [6.07, 6.45) is 5.09. The summed E-state index contributed by atoms with van der Waals surface area (Å²) < 4.78 is 0. The van der Waals surface area contributed by atoms with Gasteiger partial charge in [0.1, 0.15) is 5.15 Å². The van der Waals surface area contributed by atoms with Crippen LogP contribution in [-0.4, -0.2) is 31.1 Å². The van der Waals surface area contributed by atoms with Gasteiger partial charge < -0.3 is 10.6 Å². The zero-order chi connectivity index (χ0) is 14.8. The van der Waals surface area contributed by atoms with Crippen LogP contribution in [0.3, 0.4) is 0 Å². The van der Waals surface area contributed by atoms with E-state index < -0.39 is 0 Å². The van der Waals surface area contributed by atoms with Crippen molar-refractivity contribution in [3.05, 3.63) is 29.0 Å². The minimum absolute atomic E-state index is 0.532. The first-order valence-corrected chi connectivity index (χ1v) is 7.62. The van der Waals surface area contributed by atoms with E-state index in [-0.39, 0.29) is 0 Å². The SMILES string of the molecule is CCC(CC)CNC(=NC)NCCc1ccc(Cl)nc1. The maximum atomic E-state index is 5.76. The average Bonchev–Trinajstić information content (AvgIpc) is 2.48. The number of hydrogen-bond donors (Lipinski definition) is 2. The van der Waals surface area contributed by atoms with Crippen LogP contribution in [0.15, 0.2) is 23.3 Å². The zero-order valence-corrected chi connectivity index (χ0v) is 13.4. The largest absolute Gasteiger partial charge is 0.356 e. The Bertz CT molecular complexity index is 399. The first-order chi connectivity index (χ1) is 9.69. The molecule has 0 fully saturated rings. The predicted molar refractivity (Wildman–Crippen MR) is 86.4 cm³/mol. The molecule has 0 atom stereocenters. The van der Waals surface area contributed by atoms with Crippen molar-refractivity contribution in [3.8, 4) is 0 Å². The summed E-state index contributed by atoms with van der Waals surface area (Å²) in [6.45, 7) is 6.24. The van der Waals surface area contributed by atoms with Gasteiger partial charge in [-0.05, 0) is 24.0 Å². The smallest absolute Gasteiger partial charge is 0.190 e. The Morgan fingerprint density at radius 2 is 2.05 bits per heavy atom. The highest BCUT2D eigenvalue weighted by Gasteiger charge is 2.04. The van der Waals surface area contributed by atoms with Crippen molar-refractivity contribution in [1.82, 2.24) is 15.6 Å². The van der Waals surface area contributed by atoms with E-state index >= 15 is 0 Å². The molecule has 0 amide bonds.